The van der Waals surface area contributed by atoms with Crippen molar-refractivity contribution >= 4 is 0 Å². The maximum atomic E-state index is 5.62. The summed E-state index contributed by atoms with van der Waals surface area (Å²) in [6.07, 6.45) is 0.973. The van der Waals surface area contributed by atoms with Crippen molar-refractivity contribution in [2.45, 2.75) is 32.4 Å². The van der Waals surface area contributed by atoms with E-state index >= 15 is 0 Å². The van der Waals surface area contributed by atoms with Crippen LogP contribution in [-0.4, -0.2) is 6.04 Å². The average Bonchev–Trinajstić information content (AvgIpc) is 2.41. The largest absolute Gasteiger partial charge is 0.328 e. The van der Waals surface area contributed by atoms with Gasteiger partial charge in [0, 0.05) is 12.1 Å². The molecule has 0 saturated carbocycles. The Bertz CT molecular complexity index is 435. The topological polar surface area (TPSA) is 52.0 Å². The van der Waals surface area contributed by atoms with E-state index in [2.05, 4.69) is 12.1 Å². The zero-order valence-corrected chi connectivity index (χ0v) is 11.8. The minimum atomic E-state index is 0.159. The van der Waals surface area contributed by atoms with E-state index in [4.69, 9.17) is 11.5 Å². The number of hydrogen-bond donors (Lipinski definition) is 2. The Labute approximate surface area is 116 Å². The molecule has 2 nitrogen and oxygen atoms in total. The first-order chi connectivity index (χ1) is 9.09. The van der Waals surface area contributed by atoms with Crippen LogP contribution in [0, 0.1) is 0 Å². The molecule has 0 amide bonds. The van der Waals surface area contributed by atoms with Crippen LogP contribution in [0.5, 0.6) is 0 Å². The molecule has 2 unspecified atom stereocenters. The molecule has 2 aromatic carbocycles. The van der Waals surface area contributed by atoms with E-state index in [0.29, 0.717) is 0 Å². The SMILES string of the molecule is CC(N)Cc1ccccc1.CC(N)c1ccccc1. The summed E-state index contributed by atoms with van der Waals surface area (Å²) in [5.74, 6) is 0. The molecule has 0 aromatic heterocycles. The standard InChI is InChI=1S/C9H13N.C8H11N/c1-8(10)7-9-5-3-2-4-6-9;1-7(9)8-5-3-2-4-6-8/h2-6,8H,7,10H2,1H3;2-7H,9H2,1H3. The third kappa shape index (κ3) is 6.75. The first kappa shape index (κ1) is 15.4. The Morgan fingerprint density at radius 1 is 0.789 bits per heavy atom. The highest BCUT2D eigenvalue weighted by Crippen LogP contribution is 2.06. The van der Waals surface area contributed by atoms with Crippen LogP contribution in [0.4, 0.5) is 0 Å². The summed E-state index contributed by atoms with van der Waals surface area (Å²) >= 11 is 0. The van der Waals surface area contributed by atoms with E-state index < -0.39 is 0 Å². The fraction of sp³-hybridized carbons (Fsp3) is 0.294. The molecule has 0 heterocycles. The van der Waals surface area contributed by atoms with Gasteiger partial charge < -0.3 is 11.5 Å². The minimum absolute atomic E-state index is 0.159. The van der Waals surface area contributed by atoms with Crippen molar-refractivity contribution in [2.75, 3.05) is 0 Å². The molecule has 19 heavy (non-hydrogen) atoms. The summed E-state index contributed by atoms with van der Waals surface area (Å²) in [6, 6.07) is 20.8. The van der Waals surface area contributed by atoms with Gasteiger partial charge in [0.2, 0.25) is 0 Å². The number of nitrogens with two attached hydrogens (primary N) is 2. The minimum Gasteiger partial charge on any atom is -0.328 e. The molecule has 2 heteroatoms. The summed E-state index contributed by atoms with van der Waals surface area (Å²) in [7, 11) is 0. The second-order valence-electron chi connectivity index (χ2n) is 4.87. The molecule has 0 fully saturated rings. The third-order valence-corrected chi connectivity index (χ3v) is 2.73. The number of rotatable bonds is 3. The maximum Gasteiger partial charge on any atom is 0.0266 e. The van der Waals surface area contributed by atoms with Gasteiger partial charge in [-0.25, -0.2) is 0 Å². The van der Waals surface area contributed by atoms with Crippen molar-refractivity contribution in [3.63, 3.8) is 0 Å². The first-order valence-electron chi connectivity index (χ1n) is 6.69. The molecular weight excluding hydrogens is 232 g/mol. The lowest BCUT2D eigenvalue weighted by atomic mass is 10.1. The lowest BCUT2D eigenvalue weighted by Crippen LogP contribution is -2.17. The van der Waals surface area contributed by atoms with E-state index in [1.54, 1.807) is 0 Å². The van der Waals surface area contributed by atoms with Gasteiger partial charge in [-0.15, -0.1) is 0 Å². The lowest BCUT2D eigenvalue weighted by Gasteiger charge is -2.02. The average molecular weight is 256 g/mol. The second kappa shape index (κ2) is 8.46. The molecule has 0 aliphatic carbocycles. The van der Waals surface area contributed by atoms with E-state index in [9.17, 15) is 0 Å². The van der Waals surface area contributed by atoms with Crippen molar-refractivity contribution in [2.24, 2.45) is 11.5 Å². The fourth-order valence-corrected chi connectivity index (χ4v) is 1.74. The lowest BCUT2D eigenvalue weighted by molar-refractivity contribution is 0.738. The van der Waals surface area contributed by atoms with E-state index in [1.165, 1.54) is 11.1 Å². The van der Waals surface area contributed by atoms with Gasteiger partial charge in [-0.1, -0.05) is 60.7 Å². The van der Waals surface area contributed by atoms with Gasteiger partial charge >= 0.3 is 0 Å². The predicted octanol–water partition coefficient (Wildman–Crippen LogP) is 3.28. The van der Waals surface area contributed by atoms with Crippen LogP contribution in [0.25, 0.3) is 0 Å². The normalized spacial score (nSPS) is 13.1. The van der Waals surface area contributed by atoms with Crippen LogP contribution in [0.1, 0.15) is 31.0 Å². The molecule has 0 saturated heterocycles. The molecule has 2 atom stereocenters. The molecule has 0 radical (unpaired) electrons. The van der Waals surface area contributed by atoms with Gasteiger partial charge in [-0.2, -0.15) is 0 Å². The van der Waals surface area contributed by atoms with Crippen molar-refractivity contribution < 1.29 is 0 Å². The van der Waals surface area contributed by atoms with Crippen molar-refractivity contribution in [1.29, 1.82) is 0 Å². The summed E-state index contributed by atoms with van der Waals surface area (Å²) in [6.45, 7) is 4.00. The smallest absolute Gasteiger partial charge is 0.0266 e. The monoisotopic (exact) mass is 256 g/mol. The van der Waals surface area contributed by atoms with E-state index in [-0.39, 0.29) is 12.1 Å². The van der Waals surface area contributed by atoms with Gasteiger partial charge in [0.15, 0.2) is 0 Å². The second-order valence-corrected chi connectivity index (χ2v) is 4.87. The Balaban J connectivity index is 0.000000191. The zero-order chi connectivity index (χ0) is 14.1. The van der Waals surface area contributed by atoms with E-state index in [1.807, 2.05) is 62.4 Å². The predicted molar refractivity (Wildman–Crippen MR) is 82.8 cm³/mol. The first-order valence-corrected chi connectivity index (χ1v) is 6.69. The van der Waals surface area contributed by atoms with Crippen molar-refractivity contribution in [3.8, 4) is 0 Å². The third-order valence-electron chi connectivity index (χ3n) is 2.73. The Morgan fingerprint density at radius 3 is 1.63 bits per heavy atom. The van der Waals surface area contributed by atoms with Crippen LogP contribution < -0.4 is 11.5 Å². The Hall–Kier alpha value is -1.64. The quantitative estimate of drug-likeness (QED) is 0.885. The molecule has 0 aliphatic heterocycles. The molecule has 0 bridgehead atoms. The molecule has 0 spiro atoms. The zero-order valence-electron chi connectivity index (χ0n) is 11.8. The van der Waals surface area contributed by atoms with E-state index in [0.717, 1.165) is 6.42 Å². The molecule has 0 aliphatic rings. The van der Waals surface area contributed by atoms with Crippen molar-refractivity contribution in [1.82, 2.24) is 0 Å². The highest BCUT2D eigenvalue weighted by Gasteiger charge is 1.94. The fourth-order valence-electron chi connectivity index (χ4n) is 1.74. The summed E-state index contributed by atoms with van der Waals surface area (Å²) in [5, 5.41) is 0. The number of benzene rings is 2. The van der Waals surface area contributed by atoms with Crippen LogP contribution in [0.2, 0.25) is 0 Å². The van der Waals surface area contributed by atoms with Crippen LogP contribution in [0.15, 0.2) is 60.7 Å². The van der Waals surface area contributed by atoms with Crippen molar-refractivity contribution in [3.05, 3.63) is 71.8 Å². The number of hydrogen-bond acceptors (Lipinski definition) is 2. The Morgan fingerprint density at radius 2 is 1.26 bits per heavy atom. The Kier molecular flexibility index (Phi) is 6.86. The molecule has 4 N–H and O–H groups in total. The molecule has 102 valence electrons. The molecule has 2 rings (SSSR count). The highest BCUT2D eigenvalue weighted by molar-refractivity contribution is 5.17. The molecule has 2 aromatic rings. The highest BCUT2D eigenvalue weighted by atomic mass is 14.6. The van der Waals surface area contributed by atoms with Gasteiger partial charge in [-0.05, 0) is 31.4 Å². The van der Waals surface area contributed by atoms with Crippen LogP contribution in [-0.2, 0) is 6.42 Å². The summed E-state index contributed by atoms with van der Waals surface area (Å²) < 4.78 is 0. The van der Waals surface area contributed by atoms with Crippen LogP contribution >= 0.6 is 0 Å². The van der Waals surface area contributed by atoms with Gasteiger partial charge in [-0.3, -0.25) is 0 Å². The summed E-state index contributed by atoms with van der Waals surface area (Å²) in [4.78, 5) is 0. The summed E-state index contributed by atoms with van der Waals surface area (Å²) in [5.41, 5.74) is 13.7. The van der Waals surface area contributed by atoms with Gasteiger partial charge in [0.05, 0.1) is 0 Å². The van der Waals surface area contributed by atoms with Gasteiger partial charge in [0.25, 0.3) is 0 Å². The van der Waals surface area contributed by atoms with Gasteiger partial charge in [0.1, 0.15) is 0 Å². The molecular formula is C17H24N2. The maximum absolute atomic E-state index is 5.62. The van der Waals surface area contributed by atoms with Crippen LogP contribution in [0.3, 0.4) is 0 Å².